The van der Waals surface area contributed by atoms with Crippen LogP contribution in [0, 0.1) is 0 Å². The number of rotatable bonds is 0. The normalized spacial score (nSPS) is 12.2. The van der Waals surface area contributed by atoms with Crippen LogP contribution in [0.15, 0.2) is 18.6 Å². The van der Waals surface area contributed by atoms with E-state index in [1.54, 1.807) is 12.5 Å². The molecule has 0 aromatic carbocycles. The van der Waals surface area contributed by atoms with Crippen LogP contribution in [-0.2, 0) is 5.41 Å². The first-order valence-corrected chi connectivity index (χ1v) is 4.24. The molecule has 0 aliphatic heterocycles. The molecule has 0 unspecified atom stereocenters. The van der Waals surface area contributed by atoms with Crippen molar-refractivity contribution in [3.63, 3.8) is 0 Å². The lowest BCUT2D eigenvalue weighted by molar-refractivity contribution is 0.536. The molecule has 2 aromatic rings. The highest BCUT2D eigenvalue weighted by molar-refractivity contribution is 5.36. The molecule has 2 aromatic heterocycles. The van der Waals surface area contributed by atoms with Crippen molar-refractivity contribution in [1.29, 1.82) is 0 Å². The van der Waals surface area contributed by atoms with Crippen LogP contribution in [0.1, 0.15) is 26.6 Å². The van der Waals surface area contributed by atoms with Crippen molar-refractivity contribution in [3.8, 4) is 0 Å². The second kappa shape index (κ2) is 2.52. The molecule has 4 heteroatoms. The average molecular weight is 176 g/mol. The first kappa shape index (κ1) is 8.16. The predicted octanol–water partition coefficient (Wildman–Crippen LogP) is 1.42. The maximum atomic E-state index is 4.33. The van der Waals surface area contributed by atoms with E-state index in [1.807, 2.05) is 10.5 Å². The van der Waals surface area contributed by atoms with Gasteiger partial charge in [0.25, 0.3) is 0 Å². The maximum Gasteiger partial charge on any atom is 0.163 e. The van der Waals surface area contributed by atoms with Crippen molar-refractivity contribution in [2.75, 3.05) is 0 Å². The van der Waals surface area contributed by atoms with Crippen LogP contribution >= 0.6 is 0 Å². The van der Waals surface area contributed by atoms with Crippen LogP contribution in [0.5, 0.6) is 0 Å². The average Bonchev–Trinajstić information content (AvgIpc) is 2.48. The molecule has 4 nitrogen and oxygen atoms in total. The van der Waals surface area contributed by atoms with Gasteiger partial charge in [-0.15, -0.1) is 10.2 Å². The molecule has 0 fully saturated rings. The Morgan fingerprint density at radius 3 is 2.77 bits per heavy atom. The first-order valence-electron chi connectivity index (χ1n) is 4.24. The Morgan fingerprint density at radius 1 is 1.31 bits per heavy atom. The highest BCUT2D eigenvalue weighted by atomic mass is 15.2. The maximum absolute atomic E-state index is 4.33. The summed E-state index contributed by atoms with van der Waals surface area (Å²) in [7, 11) is 0. The van der Waals surface area contributed by atoms with Gasteiger partial charge < -0.3 is 0 Å². The lowest BCUT2D eigenvalue weighted by Crippen LogP contribution is -2.18. The van der Waals surface area contributed by atoms with Crippen molar-refractivity contribution in [1.82, 2.24) is 19.6 Å². The molecule has 0 aliphatic rings. The summed E-state index contributed by atoms with van der Waals surface area (Å²) >= 11 is 0. The molecular weight excluding hydrogens is 164 g/mol. The molecule has 2 heterocycles. The van der Waals surface area contributed by atoms with E-state index in [2.05, 4.69) is 36.0 Å². The molecule has 0 saturated carbocycles. The molecular formula is C9H12N4. The molecule has 13 heavy (non-hydrogen) atoms. The SMILES string of the molecule is CC(C)(C)c1nccc2nncn12. The minimum atomic E-state index is 0.0158. The van der Waals surface area contributed by atoms with E-state index in [-0.39, 0.29) is 5.41 Å². The quantitative estimate of drug-likeness (QED) is 0.609. The van der Waals surface area contributed by atoms with Gasteiger partial charge >= 0.3 is 0 Å². The zero-order chi connectivity index (χ0) is 9.47. The summed E-state index contributed by atoms with van der Waals surface area (Å²) in [6.45, 7) is 6.36. The largest absolute Gasteiger partial charge is 0.269 e. The Bertz CT molecular complexity index is 424. The summed E-state index contributed by atoms with van der Waals surface area (Å²) in [5.74, 6) is 0.981. The lowest BCUT2D eigenvalue weighted by atomic mass is 9.95. The molecule has 0 radical (unpaired) electrons. The smallest absolute Gasteiger partial charge is 0.163 e. The Balaban J connectivity index is 2.75. The van der Waals surface area contributed by atoms with Gasteiger partial charge in [0.2, 0.25) is 0 Å². The number of hydrogen-bond acceptors (Lipinski definition) is 3. The van der Waals surface area contributed by atoms with Gasteiger partial charge in [-0.2, -0.15) is 0 Å². The Labute approximate surface area is 76.6 Å². The minimum absolute atomic E-state index is 0.0158. The number of hydrogen-bond donors (Lipinski definition) is 0. The van der Waals surface area contributed by atoms with Crippen molar-refractivity contribution in [2.24, 2.45) is 0 Å². The van der Waals surface area contributed by atoms with Gasteiger partial charge in [-0.05, 0) is 0 Å². The summed E-state index contributed by atoms with van der Waals surface area (Å²) in [5, 5.41) is 7.81. The van der Waals surface area contributed by atoms with Crippen LogP contribution in [0.4, 0.5) is 0 Å². The first-order chi connectivity index (χ1) is 6.09. The van der Waals surface area contributed by atoms with E-state index < -0.39 is 0 Å². The summed E-state index contributed by atoms with van der Waals surface area (Å²) in [6, 6.07) is 1.85. The van der Waals surface area contributed by atoms with E-state index >= 15 is 0 Å². The van der Waals surface area contributed by atoms with Gasteiger partial charge in [0.1, 0.15) is 12.2 Å². The van der Waals surface area contributed by atoms with Gasteiger partial charge in [-0.3, -0.25) is 4.40 Å². The molecule has 0 amide bonds. The summed E-state index contributed by atoms with van der Waals surface area (Å²) in [6.07, 6.45) is 3.47. The van der Waals surface area contributed by atoms with Crippen molar-refractivity contribution >= 4 is 5.65 Å². The Morgan fingerprint density at radius 2 is 2.08 bits per heavy atom. The third kappa shape index (κ3) is 1.28. The van der Waals surface area contributed by atoms with E-state index in [0.717, 1.165) is 11.5 Å². The van der Waals surface area contributed by atoms with E-state index in [9.17, 15) is 0 Å². The predicted molar refractivity (Wildman–Crippen MR) is 49.5 cm³/mol. The Hall–Kier alpha value is -1.45. The number of fused-ring (bicyclic) bond motifs is 1. The monoisotopic (exact) mass is 176 g/mol. The second-order valence-corrected chi connectivity index (χ2v) is 4.08. The van der Waals surface area contributed by atoms with Crippen LogP contribution in [0.3, 0.4) is 0 Å². The third-order valence-electron chi connectivity index (χ3n) is 1.89. The fraction of sp³-hybridized carbons (Fsp3) is 0.444. The Kier molecular flexibility index (Phi) is 1.58. The standard InChI is InChI=1S/C9H12N4/c1-9(2,3)8-10-5-4-7-12-11-6-13(7)8/h4-6H,1-3H3. The van der Waals surface area contributed by atoms with Crippen LogP contribution in [0.25, 0.3) is 5.65 Å². The molecule has 0 N–H and O–H groups in total. The van der Waals surface area contributed by atoms with Crippen molar-refractivity contribution in [3.05, 3.63) is 24.4 Å². The molecule has 0 spiro atoms. The van der Waals surface area contributed by atoms with Gasteiger partial charge in [-0.1, -0.05) is 20.8 Å². The number of aromatic nitrogens is 4. The molecule has 2 rings (SSSR count). The van der Waals surface area contributed by atoms with Gasteiger partial charge in [0.05, 0.1) is 0 Å². The van der Waals surface area contributed by atoms with Gasteiger partial charge in [0.15, 0.2) is 5.65 Å². The fourth-order valence-corrected chi connectivity index (χ4v) is 1.31. The zero-order valence-electron chi connectivity index (χ0n) is 8.02. The van der Waals surface area contributed by atoms with Crippen LogP contribution < -0.4 is 0 Å². The second-order valence-electron chi connectivity index (χ2n) is 4.08. The highest BCUT2D eigenvalue weighted by Crippen LogP contribution is 2.19. The fourth-order valence-electron chi connectivity index (χ4n) is 1.31. The zero-order valence-corrected chi connectivity index (χ0v) is 8.02. The number of nitrogens with zero attached hydrogens (tertiary/aromatic N) is 4. The van der Waals surface area contributed by atoms with Crippen molar-refractivity contribution < 1.29 is 0 Å². The lowest BCUT2D eigenvalue weighted by Gasteiger charge is -2.18. The van der Waals surface area contributed by atoms with E-state index in [1.165, 1.54) is 0 Å². The molecule has 0 atom stereocenters. The summed E-state index contributed by atoms with van der Waals surface area (Å²) in [4.78, 5) is 4.33. The van der Waals surface area contributed by atoms with Crippen LogP contribution in [0.2, 0.25) is 0 Å². The molecule has 68 valence electrons. The van der Waals surface area contributed by atoms with Gasteiger partial charge in [0, 0.05) is 17.7 Å². The topological polar surface area (TPSA) is 43.1 Å². The van der Waals surface area contributed by atoms with Crippen LogP contribution in [-0.4, -0.2) is 19.6 Å². The van der Waals surface area contributed by atoms with Crippen molar-refractivity contribution in [2.45, 2.75) is 26.2 Å². The minimum Gasteiger partial charge on any atom is -0.269 e. The molecule has 0 saturated heterocycles. The summed E-state index contributed by atoms with van der Waals surface area (Å²) < 4.78 is 1.92. The molecule has 0 aliphatic carbocycles. The summed E-state index contributed by atoms with van der Waals surface area (Å²) in [5.41, 5.74) is 0.863. The van der Waals surface area contributed by atoms with E-state index in [4.69, 9.17) is 0 Å². The highest BCUT2D eigenvalue weighted by Gasteiger charge is 2.18. The van der Waals surface area contributed by atoms with Gasteiger partial charge in [-0.25, -0.2) is 4.98 Å². The molecule has 0 bridgehead atoms. The van der Waals surface area contributed by atoms with E-state index in [0.29, 0.717) is 0 Å². The third-order valence-corrected chi connectivity index (χ3v) is 1.89.